The molecule has 0 radical (unpaired) electrons. The predicted molar refractivity (Wildman–Crippen MR) is 51.4 cm³/mol. The third kappa shape index (κ3) is 2.45. The van der Waals surface area contributed by atoms with Crippen LogP contribution in [0.4, 0.5) is 4.39 Å². The van der Waals surface area contributed by atoms with Crippen LogP contribution in [-0.4, -0.2) is 14.5 Å². The van der Waals surface area contributed by atoms with Crippen LogP contribution in [0.1, 0.15) is 12.8 Å². The van der Waals surface area contributed by atoms with E-state index in [9.17, 15) is 12.8 Å². The number of hydrogen-bond donors (Lipinski definition) is 1. The Hall–Kier alpha value is -1.14. The molecular weight excluding hydrogens is 221 g/mol. The molecular formula is C9H10FNO3S. The van der Waals surface area contributed by atoms with Crippen LogP contribution in [0.2, 0.25) is 0 Å². The van der Waals surface area contributed by atoms with E-state index in [0.717, 1.165) is 25.0 Å². The Morgan fingerprint density at radius 3 is 2.60 bits per heavy atom. The number of primary sulfonamides is 1. The lowest BCUT2D eigenvalue weighted by Gasteiger charge is -2.06. The second kappa shape index (κ2) is 3.46. The summed E-state index contributed by atoms with van der Waals surface area (Å²) in [6, 6.07) is 3.54. The van der Waals surface area contributed by atoms with Gasteiger partial charge >= 0.3 is 0 Å². The SMILES string of the molecule is NS(=O)(=O)c1cc(OC2CC2)ccc1F. The summed E-state index contributed by atoms with van der Waals surface area (Å²) in [6.45, 7) is 0. The predicted octanol–water partition coefficient (Wildman–Crippen LogP) is 1.01. The third-order valence-corrected chi connectivity index (χ3v) is 2.96. The van der Waals surface area contributed by atoms with Crippen LogP contribution in [0.15, 0.2) is 23.1 Å². The normalized spacial score (nSPS) is 16.4. The van der Waals surface area contributed by atoms with E-state index in [1.165, 1.54) is 6.07 Å². The summed E-state index contributed by atoms with van der Waals surface area (Å²) in [5, 5.41) is 4.85. The highest BCUT2D eigenvalue weighted by Crippen LogP contribution is 2.28. The van der Waals surface area contributed by atoms with E-state index < -0.39 is 20.7 Å². The Morgan fingerprint density at radius 1 is 1.40 bits per heavy atom. The average molecular weight is 231 g/mol. The van der Waals surface area contributed by atoms with Crippen LogP contribution >= 0.6 is 0 Å². The Balaban J connectivity index is 2.35. The van der Waals surface area contributed by atoms with E-state index in [1.54, 1.807) is 0 Å². The Morgan fingerprint density at radius 2 is 2.07 bits per heavy atom. The summed E-state index contributed by atoms with van der Waals surface area (Å²) in [4.78, 5) is -0.527. The van der Waals surface area contributed by atoms with Gasteiger partial charge in [0.2, 0.25) is 10.0 Å². The van der Waals surface area contributed by atoms with Gasteiger partial charge in [0, 0.05) is 6.07 Å². The third-order valence-electron chi connectivity index (χ3n) is 2.04. The summed E-state index contributed by atoms with van der Waals surface area (Å²) in [7, 11) is -4.03. The smallest absolute Gasteiger partial charge is 0.241 e. The molecule has 2 rings (SSSR count). The van der Waals surface area contributed by atoms with Crippen molar-refractivity contribution in [3.05, 3.63) is 24.0 Å². The molecule has 2 N–H and O–H groups in total. The van der Waals surface area contributed by atoms with Gasteiger partial charge in [-0.15, -0.1) is 0 Å². The lowest BCUT2D eigenvalue weighted by Crippen LogP contribution is -2.14. The van der Waals surface area contributed by atoms with E-state index in [-0.39, 0.29) is 6.10 Å². The number of benzene rings is 1. The van der Waals surface area contributed by atoms with Gasteiger partial charge in [-0.05, 0) is 25.0 Å². The van der Waals surface area contributed by atoms with Crippen molar-refractivity contribution in [2.45, 2.75) is 23.8 Å². The zero-order valence-corrected chi connectivity index (χ0v) is 8.63. The molecule has 0 heterocycles. The summed E-state index contributed by atoms with van der Waals surface area (Å²) in [5.74, 6) is -0.524. The number of rotatable bonds is 3. The first-order chi connectivity index (χ1) is 6.97. The molecule has 1 fully saturated rings. The highest BCUT2D eigenvalue weighted by Gasteiger charge is 2.24. The van der Waals surface area contributed by atoms with Gasteiger partial charge in [0.05, 0.1) is 6.10 Å². The van der Waals surface area contributed by atoms with Gasteiger partial charge < -0.3 is 4.74 Å². The van der Waals surface area contributed by atoms with Crippen LogP contribution in [0.25, 0.3) is 0 Å². The molecule has 0 atom stereocenters. The van der Waals surface area contributed by atoms with Crippen molar-refractivity contribution in [3.63, 3.8) is 0 Å². The first-order valence-corrected chi connectivity index (χ1v) is 6.00. The molecule has 0 bridgehead atoms. The van der Waals surface area contributed by atoms with Gasteiger partial charge in [-0.1, -0.05) is 0 Å². The Kier molecular flexibility index (Phi) is 2.40. The zero-order chi connectivity index (χ0) is 11.1. The fourth-order valence-electron chi connectivity index (χ4n) is 1.15. The lowest BCUT2D eigenvalue weighted by molar-refractivity contribution is 0.301. The highest BCUT2D eigenvalue weighted by molar-refractivity contribution is 7.89. The van der Waals surface area contributed by atoms with Gasteiger partial charge in [-0.3, -0.25) is 0 Å². The van der Waals surface area contributed by atoms with E-state index >= 15 is 0 Å². The largest absolute Gasteiger partial charge is 0.490 e. The van der Waals surface area contributed by atoms with Gasteiger partial charge in [-0.25, -0.2) is 17.9 Å². The number of sulfonamides is 1. The number of hydrogen-bond acceptors (Lipinski definition) is 3. The van der Waals surface area contributed by atoms with Gasteiger partial charge in [0.15, 0.2) is 0 Å². The summed E-state index contributed by atoms with van der Waals surface area (Å²) in [6.07, 6.45) is 2.02. The maximum absolute atomic E-state index is 13.1. The minimum atomic E-state index is -4.03. The van der Waals surface area contributed by atoms with Crippen LogP contribution < -0.4 is 9.88 Å². The van der Waals surface area contributed by atoms with Gasteiger partial charge in [0.1, 0.15) is 16.5 Å². The molecule has 1 saturated carbocycles. The second-order valence-corrected chi connectivity index (χ2v) is 4.98. The molecule has 15 heavy (non-hydrogen) atoms. The Bertz CT molecular complexity index is 482. The monoisotopic (exact) mass is 231 g/mol. The van der Waals surface area contributed by atoms with Crippen LogP contribution in [0, 0.1) is 5.82 Å². The average Bonchev–Trinajstić information content (AvgIpc) is 2.90. The molecule has 4 nitrogen and oxygen atoms in total. The van der Waals surface area contributed by atoms with Crippen LogP contribution in [0.3, 0.4) is 0 Å². The van der Waals surface area contributed by atoms with E-state index in [1.807, 2.05) is 0 Å². The molecule has 1 aromatic carbocycles. The highest BCUT2D eigenvalue weighted by atomic mass is 32.2. The molecule has 0 saturated heterocycles. The Labute approximate surface area is 86.9 Å². The van der Waals surface area contributed by atoms with E-state index in [2.05, 4.69) is 0 Å². The van der Waals surface area contributed by atoms with Crippen molar-refractivity contribution in [3.8, 4) is 5.75 Å². The maximum Gasteiger partial charge on any atom is 0.241 e. The number of nitrogens with two attached hydrogens (primary N) is 1. The summed E-state index contributed by atoms with van der Waals surface area (Å²) >= 11 is 0. The van der Waals surface area contributed by atoms with Gasteiger partial charge in [0.25, 0.3) is 0 Å². The van der Waals surface area contributed by atoms with Gasteiger partial charge in [-0.2, -0.15) is 0 Å². The number of halogens is 1. The van der Waals surface area contributed by atoms with E-state index in [4.69, 9.17) is 9.88 Å². The fraction of sp³-hybridized carbons (Fsp3) is 0.333. The van der Waals surface area contributed by atoms with Crippen molar-refractivity contribution in [1.82, 2.24) is 0 Å². The quantitative estimate of drug-likeness (QED) is 0.844. The molecule has 82 valence electrons. The second-order valence-electron chi connectivity index (χ2n) is 3.45. The van der Waals surface area contributed by atoms with Crippen LogP contribution in [0.5, 0.6) is 5.75 Å². The topological polar surface area (TPSA) is 69.4 Å². The molecule has 1 aromatic rings. The minimum absolute atomic E-state index is 0.129. The first-order valence-electron chi connectivity index (χ1n) is 4.46. The summed E-state index contributed by atoms with van der Waals surface area (Å²) in [5.41, 5.74) is 0. The van der Waals surface area contributed by atoms with Crippen LogP contribution in [-0.2, 0) is 10.0 Å². The molecule has 6 heteroatoms. The first kappa shape index (κ1) is 10.4. The minimum Gasteiger partial charge on any atom is -0.490 e. The standard InChI is InChI=1S/C9H10FNO3S/c10-8-4-3-7(14-6-1-2-6)5-9(8)15(11,12)13/h3-6H,1-2H2,(H2,11,12,13). The maximum atomic E-state index is 13.1. The van der Waals surface area contributed by atoms with Crippen molar-refractivity contribution in [2.24, 2.45) is 5.14 Å². The molecule has 0 unspecified atom stereocenters. The molecule has 0 aliphatic heterocycles. The number of ether oxygens (including phenoxy) is 1. The van der Waals surface area contributed by atoms with Crippen molar-refractivity contribution < 1.29 is 17.5 Å². The molecule has 1 aliphatic rings. The van der Waals surface area contributed by atoms with Crippen molar-refractivity contribution >= 4 is 10.0 Å². The molecule has 0 amide bonds. The van der Waals surface area contributed by atoms with Crippen molar-refractivity contribution in [1.29, 1.82) is 0 Å². The summed E-state index contributed by atoms with van der Waals surface area (Å²) < 4.78 is 40.4. The molecule has 0 spiro atoms. The lowest BCUT2D eigenvalue weighted by atomic mass is 10.3. The molecule has 1 aliphatic carbocycles. The zero-order valence-electron chi connectivity index (χ0n) is 7.81. The molecule has 0 aromatic heterocycles. The van der Waals surface area contributed by atoms with E-state index in [0.29, 0.717) is 5.75 Å². The fourth-order valence-corrected chi connectivity index (χ4v) is 1.77. The van der Waals surface area contributed by atoms with Crippen molar-refractivity contribution in [2.75, 3.05) is 0 Å².